The van der Waals surface area contributed by atoms with E-state index in [0.717, 1.165) is 0 Å². The molecule has 15 heavy (non-hydrogen) atoms. The van der Waals surface area contributed by atoms with E-state index in [2.05, 4.69) is 12.5 Å². The quantitative estimate of drug-likeness (QED) is 0.294. The lowest BCUT2D eigenvalue weighted by atomic mass is 10.1. The lowest BCUT2D eigenvalue weighted by molar-refractivity contribution is -0.0855. The van der Waals surface area contributed by atoms with Gasteiger partial charge in [-0.2, -0.15) is 0 Å². The van der Waals surface area contributed by atoms with E-state index in [9.17, 15) is 10.2 Å². The number of aliphatic hydroxyl groups is 3. The van der Waals surface area contributed by atoms with Gasteiger partial charge in [-0.15, -0.1) is 18.9 Å². The maximum atomic E-state index is 9.57. The van der Waals surface area contributed by atoms with Crippen molar-refractivity contribution < 1.29 is 20.1 Å². The van der Waals surface area contributed by atoms with E-state index in [0.29, 0.717) is 6.42 Å². The summed E-state index contributed by atoms with van der Waals surface area (Å²) in [6.45, 7) is 3.67. The second-order valence-corrected chi connectivity index (χ2v) is 3.11. The minimum atomic E-state index is -0.966. The van der Waals surface area contributed by atoms with Crippen molar-refractivity contribution in [2.45, 2.75) is 31.2 Å². The Morgan fingerprint density at radius 2 is 2.13 bits per heavy atom. The molecule has 0 aliphatic rings. The van der Waals surface area contributed by atoms with Crippen molar-refractivity contribution in [3.8, 4) is 12.3 Å². The molecule has 4 heteroatoms. The van der Waals surface area contributed by atoms with Gasteiger partial charge in [0, 0.05) is 19.6 Å². The highest BCUT2D eigenvalue weighted by Crippen LogP contribution is 2.10. The molecule has 4 nitrogen and oxygen atoms in total. The van der Waals surface area contributed by atoms with E-state index in [4.69, 9.17) is 16.3 Å². The fourth-order valence-electron chi connectivity index (χ4n) is 1.09. The van der Waals surface area contributed by atoms with Gasteiger partial charge in [-0.05, 0) is 6.42 Å². The Labute approximate surface area is 90.2 Å². The highest BCUT2D eigenvalue weighted by molar-refractivity contribution is 4.95. The van der Waals surface area contributed by atoms with Crippen molar-refractivity contribution in [2.75, 3.05) is 13.2 Å². The summed E-state index contributed by atoms with van der Waals surface area (Å²) in [7, 11) is 0. The van der Waals surface area contributed by atoms with Gasteiger partial charge in [-0.25, -0.2) is 0 Å². The first-order valence-corrected chi connectivity index (χ1v) is 4.82. The summed E-state index contributed by atoms with van der Waals surface area (Å²) in [4.78, 5) is 0. The maximum absolute atomic E-state index is 9.57. The molecular formula is C11H18O4. The Kier molecular flexibility index (Phi) is 7.96. The van der Waals surface area contributed by atoms with Crippen molar-refractivity contribution >= 4 is 0 Å². The van der Waals surface area contributed by atoms with Crippen LogP contribution in [0.5, 0.6) is 0 Å². The Balaban J connectivity index is 4.18. The molecule has 0 spiro atoms. The zero-order chi connectivity index (χ0) is 11.7. The molecule has 0 unspecified atom stereocenters. The average Bonchev–Trinajstić information content (AvgIpc) is 2.23. The van der Waals surface area contributed by atoms with Gasteiger partial charge < -0.3 is 20.1 Å². The zero-order valence-corrected chi connectivity index (χ0v) is 8.67. The lowest BCUT2D eigenvalue weighted by Crippen LogP contribution is -2.38. The Hall–Kier alpha value is -0.860. The van der Waals surface area contributed by atoms with Gasteiger partial charge in [0.15, 0.2) is 0 Å². The maximum Gasteiger partial charge on any atom is 0.114 e. The first kappa shape index (κ1) is 14.1. The van der Waals surface area contributed by atoms with Crippen molar-refractivity contribution in [3.63, 3.8) is 0 Å². The lowest BCUT2D eigenvalue weighted by Gasteiger charge is -2.24. The molecule has 3 N–H and O–H groups in total. The van der Waals surface area contributed by atoms with E-state index in [1.165, 1.54) is 6.08 Å². The minimum Gasteiger partial charge on any atom is -0.396 e. The number of hydrogen-bond donors (Lipinski definition) is 3. The summed E-state index contributed by atoms with van der Waals surface area (Å²) in [6, 6.07) is 0. The number of terminal acetylenes is 1. The highest BCUT2D eigenvalue weighted by atomic mass is 16.5. The molecule has 0 aliphatic heterocycles. The smallest absolute Gasteiger partial charge is 0.114 e. The topological polar surface area (TPSA) is 69.9 Å². The number of rotatable bonds is 8. The number of ether oxygens (including phenoxy) is 1. The summed E-state index contributed by atoms with van der Waals surface area (Å²) in [5.74, 6) is 2.29. The van der Waals surface area contributed by atoms with Crippen LogP contribution >= 0.6 is 0 Å². The van der Waals surface area contributed by atoms with Gasteiger partial charge in [-0.1, -0.05) is 6.08 Å². The van der Waals surface area contributed by atoms with Crippen LogP contribution in [0.1, 0.15) is 12.8 Å². The van der Waals surface area contributed by atoms with Crippen LogP contribution in [0.2, 0.25) is 0 Å². The van der Waals surface area contributed by atoms with E-state index >= 15 is 0 Å². The molecule has 0 saturated carbocycles. The minimum absolute atomic E-state index is 0.00212. The van der Waals surface area contributed by atoms with Crippen LogP contribution in [0.4, 0.5) is 0 Å². The van der Waals surface area contributed by atoms with Crippen molar-refractivity contribution in [1.82, 2.24) is 0 Å². The standard InChI is InChI=1S/C11H18O4/c1-3-6-10(14)11(9(13)4-2)15-8-5-7-12/h1,4,9-14H,2,5-8H2/t9-,10-,11-/m1/s1. The molecule has 0 amide bonds. The summed E-state index contributed by atoms with van der Waals surface area (Å²) in [6.07, 6.45) is 4.20. The van der Waals surface area contributed by atoms with Gasteiger partial charge in [0.05, 0.1) is 6.10 Å². The molecule has 0 radical (unpaired) electrons. The first-order chi connectivity index (χ1) is 7.17. The largest absolute Gasteiger partial charge is 0.396 e. The van der Waals surface area contributed by atoms with Crippen LogP contribution in [-0.2, 0) is 4.74 Å². The predicted molar refractivity (Wildman–Crippen MR) is 57.1 cm³/mol. The first-order valence-electron chi connectivity index (χ1n) is 4.82. The van der Waals surface area contributed by atoms with Crippen LogP contribution < -0.4 is 0 Å². The molecule has 0 aromatic heterocycles. The molecule has 0 aromatic carbocycles. The molecular weight excluding hydrogens is 196 g/mol. The molecule has 0 heterocycles. The van der Waals surface area contributed by atoms with E-state index in [1.54, 1.807) is 0 Å². The summed E-state index contributed by atoms with van der Waals surface area (Å²) in [5.41, 5.74) is 0. The third-order valence-corrected chi connectivity index (χ3v) is 1.90. The second-order valence-electron chi connectivity index (χ2n) is 3.11. The van der Waals surface area contributed by atoms with Crippen LogP contribution in [0.3, 0.4) is 0 Å². The summed E-state index contributed by atoms with van der Waals surface area (Å²) < 4.78 is 5.22. The second kappa shape index (κ2) is 8.45. The average molecular weight is 214 g/mol. The molecule has 0 saturated heterocycles. The van der Waals surface area contributed by atoms with Gasteiger partial charge >= 0.3 is 0 Å². The van der Waals surface area contributed by atoms with Gasteiger partial charge in [-0.3, -0.25) is 0 Å². The van der Waals surface area contributed by atoms with Gasteiger partial charge in [0.1, 0.15) is 12.2 Å². The van der Waals surface area contributed by atoms with E-state index in [-0.39, 0.29) is 19.6 Å². The van der Waals surface area contributed by atoms with Crippen molar-refractivity contribution in [1.29, 1.82) is 0 Å². The molecule has 0 fully saturated rings. The van der Waals surface area contributed by atoms with Gasteiger partial charge in [0.25, 0.3) is 0 Å². The molecule has 0 bridgehead atoms. The van der Waals surface area contributed by atoms with E-state index in [1.807, 2.05) is 0 Å². The van der Waals surface area contributed by atoms with Crippen LogP contribution in [0.25, 0.3) is 0 Å². The SMILES string of the molecule is C#CC[C@@H](O)[C@H](OCCCO)[C@H](O)C=C. The molecule has 0 aromatic rings. The summed E-state index contributed by atoms with van der Waals surface area (Å²) in [5, 5.41) is 27.6. The monoisotopic (exact) mass is 214 g/mol. The fraction of sp³-hybridized carbons (Fsp3) is 0.636. The molecule has 0 rings (SSSR count). The third-order valence-electron chi connectivity index (χ3n) is 1.90. The zero-order valence-electron chi connectivity index (χ0n) is 8.67. The Morgan fingerprint density at radius 3 is 2.60 bits per heavy atom. The van der Waals surface area contributed by atoms with Crippen LogP contribution in [0, 0.1) is 12.3 Å². The van der Waals surface area contributed by atoms with Crippen LogP contribution in [0.15, 0.2) is 12.7 Å². The Morgan fingerprint density at radius 1 is 1.47 bits per heavy atom. The molecule has 3 atom stereocenters. The Bertz CT molecular complexity index is 209. The van der Waals surface area contributed by atoms with Crippen molar-refractivity contribution in [3.05, 3.63) is 12.7 Å². The normalized spacial score (nSPS) is 16.4. The molecule has 86 valence electrons. The van der Waals surface area contributed by atoms with Gasteiger partial charge in [0.2, 0.25) is 0 Å². The third kappa shape index (κ3) is 5.55. The predicted octanol–water partition coefficient (Wildman–Crippen LogP) is -0.315. The van der Waals surface area contributed by atoms with Crippen molar-refractivity contribution in [2.24, 2.45) is 0 Å². The number of hydrogen-bond acceptors (Lipinski definition) is 4. The van der Waals surface area contributed by atoms with Crippen LogP contribution in [-0.4, -0.2) is 46.8 Å². The summed E-state index contributed by atoms with van der Waals surface area (Å²) >= 11 is 0. The highest BCUT2D eigenvalue weighted by Gasteiger charge is 2.25. The number of aliphatic hydroxyl groups excluding tert-OH is 3. The fourth-order valence-corrected chi connectivity index (χ4v) is 1.09. The van der Waals surface area contributed by atoms with E-state index < -0.39 is 18.3 Å². The molecule has 0 aliphatic carbocycles.